The van der Waals surface area contributed by atoms with E-state index in [4.69, 9.17) is 16.3 Å². The summed E-state index contributed by atoms with van der Waals surface area (Å²) in [5, 5.41) is 9.81. The lowest BCUT2D eigenvalue weighted by molar-refractivity contribution is 0.0527. The Morgan fingerprint density at radius 2 is 1.81 bits per heavy atom. The normalized spacial score (nSPS) is 10.2. The topological polar surface area (TPSA) is 63.6 Å². The molecule has 108 valence electrons. The number of rotatable bonds is 4. The van der Waals surface area contributed by atoms with E-state index in [1.807, 2.05) is 0 Å². The van der Waals surface area contributed by atoms with E-state index in [1.165, 1.54) is 12.1 Å². The highest BCUT2D eigenvalue weighted by Gasteiger charge is 2.20. The number of esters is 1. The Hall–Kier alpha value is -2.33. The summed E-state index contributed by atoms with van der Waals surface area (Å²) in [4.78, 5) is 23.5. The lowest BCUT2D eigenvalue weighted by Gasteiger charge is -2.12. The van der Waals surface area contributed by atoms with Gasteiger partial charge in [-0.1, -0.05) is 29.8 Å². The summed E-state index contributed by atoms with van der Waals surface area (Å²) >= 11 is 5.96. The summed E-state index contributed by atoms with van der Waals surface area (Å²) < 4.78 is 4.99. The molecule has 0 aliphatic rings. The smallest absolute Gasteiger partial charge is 0.338 e. The molecule has 0 amide bonds. The number of ether oxygens (including phenoxy) is 1. The lowest BCUT2D eigenvalue weighted by atomic mass is 9.94. The summed E-state index contributed by atoms with van der Waals surface area (Å²) in [5.74, 6) is -1.67. The molecule has 2 aromatic rings. The van der Waals surface area contributed by atoms with Crippen molar-refractivity contribution >= 4 is 23.5 Å². The predicted molar refractivity (Wildman–Crippen MR) is 79.8 cm³/mol. The Bertz CT molecular complexity index is 694. The average Bonchev–Trinajstić information content (AvgIpc) is 2.46. The second-order valence-electron chi connectivity index (χ2n) is 4.26. The van der Waals surface area contributed by atoms with Crippen molar-refractivity contribution in [1.82, 2.24) is 0 Å². The van der Waals surface area contributed by atoms with E-state index in [0.29, 0.717) is 16.1 Å². The molecule has 0 fully saturated rings. The maximum Gasteiger partial charge on any atom is 0.338 e. The number of halogens is 1. The van der Waals surface area contributed by atoms with Crippen LogP contribution < -0.4 is 0 Å². The molecule has 21 heavy (non-hydrogen) atoms. The van der Waals surface area contributed by atoms with Gasteiger partial charge in [0.05, 0.1) is 17.7 Å². The second-order valence-corrected chi connectivity index (χ2v) is 4.70. The number of carboxylic acids is 1. The van der Waals surface area contributed by atoms with Crippen LogP contribution in [0.1, 0.15) is 27.6 Å². The maximum absolute atomic E-state index is 12.1. The summed E-state index contributed by atoms with van der Waals surface area (Å²) in [5.41, 5.74) is 1.11. The van der Waals surface area contributed by atoms with Crippen LogP contribution in [-0.4, -0.2) is 23.7 Å². The standard InChI is InChI=1S/C16H13ClO4/c1-2-21-16(20)13-8-4-7-12(15(18)19)14(13)10-5-3-6-11(17)9-10/h3-9H,2H2,1H3,(H,18,19). The van der Waals surface area contributed by atoms with Crippen LogP contribution in [0.15, 0.2) is 42.5 Å². The van der Waals surface area contributed by atoms with Gasteiger partial charge in [-0.3, -0.25) is 0 Å². The number of hydrogen-bond donors (Lipinski definition) is 1. The summed E-state index contributed by atoms with van der Waals surface area (Å²) in [6, 6.07) is 11.2. The number of carbonyl (C=O) groups is 2. The molecular weight excluding hydrogens is 292 g/mol. The molecule has 0 atom stereocenters. The number of carbonyl (C=O) groups excluding carboxylic acids is 1. The van der Waals surface area contributed by atoms with Crippen LogP contribution in [0.4, 0.5) is 0 Å². The quantitative estimate of drug-likeness (QED) is 0.871. The highest BCUT2D eigenvalue weighted by Crippen LogP contribution is 2.30. The van der Waals surface area contributed by atoms with Crippen LogP contribution in [0.25, 0.3) is 11.1 Å². The van der Waals surface area contributed by atoms with Crippen LogP contribution in [-0.2, 0) is 4.74 Å². The summed E-state index contributed by atoms with van der Waals surface area (Å²) in [6.45, 7) is 1.91. The Morgan fingerprint density at radius 3 is 2.43 bits per heavy atom. The van der Waals surface area contributed by atoms with Gasteiger partial charge < -0.3 is 9.84 Å². The highest BCUT2D eigenvalue weighted by molar-refractivity contribution is 6.31. The van der Waals surface area contributed by atoms with Gasteiger partial charge in [0.15, 0.2) is 0 Å². The van der Waals surface area contributed by atoms with Crippen molar-refractivity contribution in [1.29, 1.82) is 0 Å². The Labute approximate surface area is 126 Å². The summed E-state index contributed by atoms with van der Waals surface area (Å²) in [6.07, 6.45) is 0. The predicted octanol–water partition coefficient (Wildman–Crippen LogP) is 3.88. The molecule has 0 radical (unpaired) electrons. The molecule has 2 aromatic carbocycles. The van der Waals surface area contributed by atoms with Crippen molar-refractivity contribution in [2.24, 2.45) is 0 Å². The van der Waals surface area contributed by atoms with Crippen molar-refractivity contribution in [3.63, 3.8) is 0 Å². The fraction of sp³-hybridized carbons (Fsp3) is 0.125. The average molecular weight is 305 g/mol. The first-order chi connectivity index (χ1) is 10.0. The molecule has 5 heteroatoms. The van der Waals surface area contributed by atoms with Crippen LogP contribution in [0.5, 0.6) is 0 Å². The molecule has 0 aromatic heterocycles. The fourth-order valence-corrected chi connectivity index (χ4v) is 2.25. The highest BCUT2D eigenvalue weighted by atomic mass is 35.5. The van der Waals surface area contributed by atoms with E-state index in [0.717, 1.165) is 0 Å². The van der Waals surface area contributed by atoms with E-state index in [1.54, 1.807) is 37.3 Å². The molecule has 0 spiro atoms. The van der Waals surface area contributed by atoms with Crippen LogP contribution in [0.2, 0.25) is 5.02 Å². The van der Waals surface area contributed by atoms with Crippen molar-refractivity contribution in [2.45, 2.75) is 6.92 Å². The largest absolute Gasteiger partial charge is 0.478 e. The fourth-order valence-electron chi connectivity index (χ4n) is 2.06. The van der Waals surface area contributed by atoms with Gasteiger partial charge in [0.2, 0.25) is 0 Å². The van der Waals surface area contributed by atoms with E-state index in [9.17, 15) is 14.7 Å². The summed E-state index contributed by atoms with van der Waals surface area (Å²) in [7, 11) is 0. The van der Waals surface area contributed by atoms with Gasteiger partial charge in [0, 0.05) is 10.6 Å². The van der Waals surface area contributed by atoms with Gasteiger partial charge in [-0.05, 0) is 36.8 Å². The molecule has 0 aliphatic carbocycles. The van der Waals surface area contributed by atoms with E-state index in [2.05, 4.69) is 0 Å². The van der Waals surface area contributed by atoms with E-state index >= 15 is 0 Å². The minimum atomic E-state index is -1.11. The van der Waals surface area contributed by atoms with E-state index < -0.39 is 11.9 Å². The number of hydrogen-bond acceptors (Lipinski definition) is 3. The molecule has 0 aliphatic heterocycles. The third-order valence-electron chi connectivity index (χ3n) is 2.90. The maximum atomic E-state index is 12.1. The number of aromatic carboxylic acids is 1. The molecule has 0 saturated heterocycles. The van der Waals surface area contributed by atoms with Crippen molar-refractivity contribution in [3.05, 3.63) is 58.6 Å². The monoisotopic (exact) mass is 304 g/mol. The SMILES string of the molecule is CCOC(=O)c1cccc(C(=O)O)c1-c1cccc(Cl)c1. The molecular formula is C16H13ClO4. The molecule has 2 rings (SSSR count). The van der Waals surface area contributed by atoms with Gasteiger partial charge in [0.25, 0.3) is 0 Å². The zero-order valence-electron chi connectivity index (χ0n) is 11.3. The van der Waals surface area contributed by atoms with Crippen LogP contribution >= 0.6 is 11.6 Å². The minimum Gasteiger partial charge on any atom is -0.478 e. The van der Waals surface area contributed by atoms with E-state index in [-0.39, 0.29) is 17.7 Å². The molecule has 1 N–H and O–H groups in total. The van der Waals surface area contributed by atoms with Gasteiger partial charge in [0.1, 0.15) is 0 Å². The third-order valence-corrected chi connectivity index (χ3v) is 3.14. The van der Waals surface area contributed by atoms with Gasteiger partial charge >= 0.3 is 11.9 Å². The second kappa shape index (κ2) is 6.41. The number of benzene rings is 2. The van der Waals surface area contributed by atoms with Gasteiger partial charge in [-0.2, -0.15) is 0 Å². The minimum absolute atomic E-state index is 0.0304. The van der Waals surface area contributed by atoms with Crippen LogP contribution in [0.3, 0.4) is 0 Å². The first-order valence-electron chi connectivity index (χ1n) is 6.34. The van der Waals surface area contributed by atoms with Crippen molar-refractivity contribution < 1.29 is 19.4 Å². The molecule has 4 nitrogen and oxygen atoms in total. The first kappa shape index (κ1) is 15.1. The lowest BCUT2D eigenvalue weighted by Crippen LogP contribution is -2.10. The Morgan fingerprint density at radius 1 is 1.14 bits per heavy atom. The first-order valence-corrected chi connectivity index (χ1v) is 6.71. The molecule has 0 saturated carbocycles. The van der Waals surface area contributed by atoms with Crippen molar-refractivity contribution in [2.75, 3.05) is 6.61 Å². The van der Waals surface area contributed by atoms with Gasteiger partial charge in [-0.25, -0.2) is 9.59 Å². The zero-order valence-corrected chi connectivity index (χ0v) is 12.1. The zero-order chi connectivity index (χ0) is 15.4. The molecule has 0 bridgehead atoms. The Balaban J connectivity index is 2.70. The molecule has 0 unspecified atom stereocenters. The van der Waals surface area contributed by atoms with Crippen LogP contribution in [0, 0.1) is 0 Å². The number of carboxylic acid groups (broad SMARTS) is 1. The Kier molecular flexibility index (Phi) is 4.60. The third kappa shape index (κ3) is 3.23. The van der Waals surface area contributed by atoms with Crippen molar-refractivity contribution in [3.8, 4) is 11.1 Å². The van der Waals surface area contributed by atoms with Gasteiger partial charge in [-0.15, -0.1) is 0 Å². The molecule has 0 heterocycles.